The van der Waals surface area contributed by atoms with Crippen molar-refractivity contribution in [1.29, 1.82) is 0 Å². The maximum atomic E-state index is 12.8. The first-order valence-corrected chi connectivity index (χ1v) is 9.38. The molecule has 2 aromatic carbocycles. The van der Waals surface area contributed by atoms with E-state index in [1.165, 1.54) is 0 Å². The minimum absolute atomic E-state index is 0.00924. The SMILES string of the molecule is CCOC(=O)C1=C(NC(=O)c2ccccc2)c2ccccc2CC1C(C)C. The lowest BCUT2D eigenvalue weighted by molar-refractivity contribution is -0.139. The zero-order valence-electron chi connectivity index (χ0n) is 16.0. The number of ether oxygens (including phenoxy) is 1. The first kappa shape index (κ1) is 18.9. The van der Waals surface area contributed by atoms with Gasteiger partial charge in [0.05, 0.1) is 17.9 Å². The van der Waals surface area contributed by atoms with Crippen molar-refractivity contribution in [2.45, 2.75) is 27.2 Å². The van der Waals surface area contributed by atoms with E-state index in [0.29, 0.717) is 23.4 Å². The Morgan fingerprint density at radius 3 is 2.41 bits per heavy atom. The summed E-state index contributed by atoms with van der Waals surface area (Å²) in [6.45, 7) is 6.28. The molecule has 0 aromatic heterocycles. The highest BCUT2D eigenvalue weighted by Gasteiger charge is 2.35. The molecule has 2 aromatic rings. The minimum atomic E-state index is -0.353. The van der Waals surface area contributed by atoms with Gasteiger partial charge >= 0.3 is 5.97 Å². The molecule has 0 saturated carbocycles. The number of carbonyl (C=O) groups excluding carboxylic acids is 2. The van der Waals surface area contributed by atoms with E-state index in [9.17, 15) is 9.59 Å². The van der Waals surface area contributed by atoms with Crippen LogP contribution >= 0.6 is 0 Å². The van der Waals surface area contributed by atoms with E-state index in [-0.39, 0.29) is 23.7 Å². The predicted molar refractivity (Wildman–Crippen MR) is 106 cm³/mol. The molecule has 0 bridgehead atoms. The summed E-state index contributed by atoms with van der Waals surface area (Å²) in [4.78, 5) is 25.6. The van der Waals surface area contributed by atoms with Gasteiger partial charge in [0.2, 0.25) is 0 Å². The molecule has 27 heavy (non-hydrogen) atoms. The van der Waals surface area contributed by atoms with E-state index in [1.54, 1.807) is 19.1 Å². The average Bonchev–Trinajstić information content (AvgIpc) is 2.68. The van der Waals surface area contributed by atoms with Crippen molar-refractivity contribution in [2.24, 2.45) is 11.8 Å². The second-order valence-corrected chi connectivity index (χ2v) is 7.04. The molecule has 1 aliphatic rings. The smallest absolute Gasteiger partial charge is 0.336 e. The van der Waals surface area contributed by atoms with Gasteiger partial charge in [-0.1, -0.05) is 56.3 Å². The molecule has 1 atom stereocenters. The number of hydrogen-bond donors (Lipinski definition) is 1. The van der Waals surface area contributed by atoms with Crippen LogP contribution in [-0.4, -0.2) is 18.5 Å². The second-order valence-electron chi connectivity index (χ2n) is 7.04. The third-order valence-corrected chi connectivity index (χ3v) is 4.94. The van der Waals surface area contributed by atoms with Crippen molar-refractivity contribution >= 4 is 17.6 Å². The van der Waals surface area contributed by atoms with E-state index in [2.05, 4.69) is 25.2 Å². The highest BCUT2D eigenvalue weighted by molar-refractivity contribution is 6.06. The quantitative estimate of drug-likeness (QED) is 0.809. The van der Waals surface area contributed by atoms with Crippen LogP contribution in [0.4, 0.5) is 0 Å². The fraction of sp³-hybridized carbons (Fsp3) is 0.304. The van der Waals surface area contributed by atoms with Crippen LogP contribution in [0.5, 0.6) is 0 Å². The van der Waals surface area contributed by atoms with Crippen LogP contribution in [-0.2, 0) is 16.0 Å². The fourth-order valence-corrected chi connectivity index (χ4v) is 3.55. The van der Waals surface area contributed by atoms with Gasteiger partial charge in [0.25, 0.3) is 5.91 Å². The lowest BCUT2D eigenvalue weighted by atomic mass is 9.75. The minimum Gasteiger partial charge on any atom is -0.463 e. The topological polar surface area (TPSA) is 55.4 Å². The molecule has 0 saturated heterocycles. The molecule has 3 rings (SSSR count). The lowest BCUT2D eigenvalue weighted by Crippen LogP contribution is -2.33. The third-order valence-electron chi connectivity index (χ3n) is 4.94. The molecule has 4 nitrogen and oxygen atoms in total. The summed E-state index contributed by atoms with van der Waals surface area (Å²) in [6, 6.07) is 16.9. The highest BCUT2D eigenvalue weighted by Crippen LogP contribution is 2.38. The Bertz CT molecular complexity index is 868. The molecule has 1 aliphatic carbocycles. The molecule has 1 unspecified atom stereocenters. The van der Waals surface area contributed by atoms with Crippen LogP contribution in [0, 0.1) is 11.8 Å². The highest BCUT2D eigenvalue weighted by atomic mass is 16.5. The monoisotopic (exact) mass is 363 g/mol. The Hall–Kier alpha value is -2.88. The summed E-state index contributed by atoms with van der Waals surface area (Å²) < 4.78 is 5.35. The third kappa shape index (κ3) is 3.95. The summed E-state index contributed by atoms with van der Waals surface area (Å²) >= 11 is 0. The average molecular weight is 363 g/mol. The van der Waals surface area contributed by atoms with Crippen molar-refractivity contribution in [3.05, 3.63) is 76.9 Å². The number of esters is 1. The lowest BCUT2D eigenvalue weighted by Gasteiger charge is -2.32. The van der Waals surface area contributed by atoms with Gasteiger partial charge in [-0.15, -0.1) is 0 Å². The maximum absolute atomic E-state index is 12.8. The molecule has 0 heterocycles. The zero-order chi connectivity index (χ0) is 19.4. The van der Waals surface area contributed by atoms with Gasteiger partial charge in [-0.3, -0.25) is 4.79 Å². The number of benzene rings is 2. The van der Waals surface area contributed by atoms with Crippen molar-refractivity contribution in [1.82, 2.24) is 5.32 Å². The van der Waals surface area contributed by atoms with Crippen LogP contribution in [0.25, 0.3) is 5.70 Å². The number of hydrogen-bond acceptors (Lipinski definition) is 3. The van der Waals surface area contributed by atoms with E-state index in [0.717, 1.165) is 17.5 Å². The number of fused-ring (bicyclic) bond motifs is 1. The molecule has 0 spiro atoms. The van der Waals surface area contributed by atoms with Crippen molar-refractivity contribution in [3.63, 3.8) is 0 Å². The van der Waals surface area contributed by atoms with E-state index in [1.807, 2.05) is 36.4 Å². The van der Waals surface area contributed by atoms with E-state index >= 15 is 0 Å². The van der Waals surface area contributed by atoms with E-state index in [4.69, 9.17) is 4.74 Å². The molecular formula is C23H25NO3. The Morgan fingerprint density at radius 1 is 1.07 bits per heavy atom. The molecule has 1 amide bonds. The van der Waals surface area contributed by atoms with Gasteiger partial charge in [-0.05, 0) is 42.9 Å². The maximum Gasteiger partial charge on any atom is 0.336 e. The fourth-order valence-electron chi connectivity index (χ4n) is 3.55. The summed E-state index contributed by atoms with van der Waals surface area (Å²) in [6.07, 6.45) is 0.757. The molecule has 0 fully saturated rings. The van der Waals surface area contributed by atoms with Crippen LogP contribution in [0.15, 0.2) is 60.2 Å². The molecule has 4 heteroatoms. The summed E-state index contributed by atoms with van der Waals surface area (Å²) in [7, 11) is 0. The molecule has 1 N–H and O–H groups in total. The zero-order valence-corrected chi connectivity index (χ0v) is 16.0. The van der Waals surface area contributed by atoms with Crippen molar-refractivity contribution in [3.8, 4) is 0 Å². The number of rotatable bonds is 5. The number of nitrogens with one attached hydrogen (secondary N) is 1. The van der Waals surface area contributed by atoms with Gasteiger partial charge in [0.1, 0.15) is 0 Å². The number of amides is 1. The Labute approximate surface area is 160 Å². The van der Waals surface area contributed by atoms with E-state index < -0.39 is 0 Å². The predicted octanol–water partition coefficient (Wildman–Crippen LogP) is 4.22. The first-order chi connectivity index (χ1) is 13.0. The summed E-state index contributed by atoms with van der Waals surface area (Å²) in [5.74, 6) is -0.355. The van der Waals surface area contributed by atoms with Crippen molar-refractivity contribution in [2.75, 3.05) is 6.61 Å². The van der Waals surface area contributed by atoms with Crippen LogP contribution in [0.2, 0.25) is 0 Å². The van der Waals surface area contributed by atoms with Crippen LogP contribution in [0.1, 0.15) is 42.3 Å². The van der Waals surface area contributed by atoms with Gasteiger partial charge in [0.15, 0.2) is 0 Å². The van der Waals surface area contributed by atoms with Crippen LogP contribution < -0.4 is 5.32 Å². The van der Waals surface area contributed by atoms with Gasteiger partial charge < -0.3 is 10.1 Å². The molecule has 140 valence electrons. The Kier molecular flexibility index (Phi) is 5.75. The van der Waals surface area contributed by atoms with Crippen LogP contribution in [0.3, 0.4) is 0 Å². The normalized spacial score (nSPS) is 16.1. The Morgan fingerprint density at radius 2 is 1.74 bits per heavy atom. The number of carbonyl (C=O) groups is 2. The molecular weight excluding hydrogens is 338 g/mol. The summed E-state index contributed by atoms with van der Waals surface area (Å²) in [5.41, 5.74) is 3.71. The Balaban J connectivity index is 2.12. The molecule has 0 radical (unpaired) electrons. The van der Waals surface area contributed by atoms with Gasteiger partial charge in [-0.25, -0.2) is 4.79 Å². The summed E-state index contributed by atoms with van der Waals surface area (Å²) in [5, 5.41) is 3.01. The van der Waals surface area contributed by atoms with Crippen molar-refractivity contribution < 1.29 is 14.3 Å². The standard InChI is InChI=1S/C23H25NO3/c1-4-27-23(26)20-19(15(2)3)14-17-12-8-9-13-18(17)21(20)24-22(25)16-10-6-5-7-11-16/h5-13,15,19H,4,14H2,1-3H3,(H,24,25). The van der Waals surface area contributed by atoms with Gasteiger partial charge in [-0.2, -0.15) is 0 Å². The second kappa shape index (κ2) is 8.21. The first-order valence-electron chi connectivity index (χ1n) is 9.38. The largest absolute Gasteiger partial charge is 0.463 e. The van der Waals surface area contributed by atoms with Gasteiger partial charge in [0, 0.05) is 11.1 Å². The molecule has 0 aliphatic heterocycles.